The third kappa shape index (κ3) is 9.63. The second-order valence-corrected chi connectivity index (χ2v) is 18.9. The van der Waals surface area contributed by atoms with Crippen LogP contribution < -0.4 is 0 Å². The van der Waals surface area contributed by atoms with Gasteiger partial charge in [0.15, 0.2) is 0 Å². The number of rotatable bonds is 14. The molecule has 0 saturated heterocycles. The minimum absolute atomic E-state index is 0.103. The number of ether oxygens (including phenoxy) is 1. The van der Waals surface area contributed by atoms with E-state index in [1.54, 1.807) is 0 Å². The van der Waals surface area contributed by atoms with Gasteiger partial charge in [-0.05, 0) is 64.2 Å². The van der Waals surface area contributed by atoms with Crippen LogP contribution in [0.4, 0.5) is 0 Å². The van der Waals surface area contributed by atoms with Crippen molar-refractivity contribution in [1.82, 2.24) is 0 Å². The number of benzene rings is 1. The largest absolute Gasteiger partial charge is 0.465 e. The van der Waals surface area contributed by atoms with E-state index < -0.39 is 9.75 Å². The quantitative estimate of drug-likeness (QED) is 0.119. The Kier molecular flexibility index (Phi) is 12.6. The van der Waals surface area contributed by atoms with Crippen LogP contribution in [0.15, 0.2) is 30.3 Å². The minimum atomic E-state index is -1.03. The minimum Gasteiger partial charge on any atom is -0.465 e. The van der Waals surface area contributed by atoms with Crippen LogP contribution in [0.3, 0.4) is 0 Å². The second-order valence-electron chi connectivity index (χ2n) is 17.4. The number of halogens is 2. The monoisotopic (exact) mass is 610 g/mol. The van der Waals surface area contributed by atoms with E-state index in [0.717, 1.165) is 19.3 Å². The molecule has 1 aromatic rings. The molecule has 0 bridgehead atoms. The molecule has 0 aromatic heterocycles. The zero-order chi connectivity index (χ0) is 32.3. The lowest BCUT2D eigenvalue weighted by atomic mass is 9.53. The Labute approximate surface area is 265 Å². The summed E-state index contributed by atoms with van der Waals surface area (Å²) >= 11 is 15.0. The van der Waals surface area contributed by atoms with Crippen molar-refractivity contribution in [3.63, 3.8) is 0 Å². The molecule has 0 heterocycles. The van der Waals surface area contributed by atoms with Crippen molar-refractivity contribution < 1.29 is 9.53 Å². The fourth-order valence-electron chi connectivity index (χ4n) is 5.98. The molecule has 0 fully saturated rings. The fourth-order valence-corrected chi connectivity index (χ4v) is 7.16. The van der Waals surface area contributed by atoms with Crippen LogP contribution in [0, 0.1) is 38.4 Å². The van der Waals surface area contributed by atoms with E-state index in [9.17, 15) is 4.79 Å². The molecule has 2 nitrogen and oxygen atoms in total. The van der Waals surface area contributed by atoms with Crippen molar-refractivity contribution in [2.75, 3.05) is 6.61 Å². The summed E-state index contributed by atoms with van der Waals surface area (Å²) in [5.74, 6) is -0.0301. The molecule has 2 atom stereocenters. The first-order chi connectivity index (χ1) is 18.2. The van der Waals surface area contributed by atoms with E-state index in [1.807, 2.05) is 0 Å². The molecule has 1 aromatic carbocycles. The van der Waals surface area contributed by atoms with Crippen molar-refractivity contribution >= 4 is 29.2 Å². The summed E-state index contributed by atoms with van der Waals surface area (Å²) in [7, 11) is 0. The Morgan fingerprint density at radius 1 is 0.780 bits per heavy atom. The predicted octanol–water partition coefficient (Wildman–Crippen LogP) is 12.3. The van der Waals surface area contributed by atoms with E-state index in [2.05, 4.69) is 134 Å². The molecule has 0 amide bonds. The van der Waals surface area contributed by atoms with Gasteiger partial charge in [-0.1, -0.05) is 141 Å². The summed E-state index contributed by atoms with van der Waals surface area (Å²) in [6, 6.07) is 10.9. The molecule has 0 radical (unpaired) electrons. The van der Waals surface area contributed by atoms with Crippen LogP contribution in [0.1, 0.15) is 147 Å². The maximum absolute atomic E-state index is 13.3. The summed E-state index contributed by atoms with van der Waals surface area (Å²) in [5.41, 5.74) is 0.145. The first-order valence-corrected chi connectivity index (χ1v) is 16.6. The van der Waals surface area contributed by atoms with Gasteiger partial charge in [-0.3, -0.25) is 4.79 Å². The predicted molar refractivity (Wildman–Crippen MR) is 181 cm³/mol. The summed E-state index contributed by atoms with van der Waals surface area (Å²) in [6.45, 7) is 34.2. The molecule has 1 rings (SSSR count). The van der Waals surface area contributed by atoms with Gasteiger partial charge in [-0.2, -0.15) is 0 Å². The van der Waals surface area contributed by atoms with Gasteiger partial charge in [0.25, 0.3) is 0 Å². The van der Waals surface area contributed by atoms with Crippen LogP contribution in [-0.4, -0.2) is 16.9 Å². The highest BCUT2D eigenvalue weighted by Gasteiger charge is 2.57. The van der Waals surface area contributed by atoms with Crippen LogP contribution >= 0.6 is 23.2 Å². The molecule has 0 N–H and O–H groups in total. The summed E-state index contributed by atoms with van der Waals surface area (Å²) < 4.78 is 4.71. The first kappa shape index (κ1) is 38.3. The Balaban J connectivity index is 3.42. The zero-order valence-corrected chi connectivity index (χ0v) is 30.9. The van der Waals surface area contributed by atoms with Gasteiger partial charge < -0.3 is 4.74 Å². The summed E-state index contributed by atoms with van der Waals surface area (Å²) in [6.07, 6.45) is 4.22. The third-order valence-electron chi connectivity index (χ3n) is 10.7. The highest BCUT2D eigenvalue weighted by atomic mass is 35.5. The number of alkyl halides is 2. The number of carbonyl (C=O) groups is 1. The number of unbranched alkanes of at least 4 members (excludes halogenated alkanes) is 1. The van der Waals surface area contributed by atoms with Crippen LogP contribution in [-0.2, 0) is 9.53 Å². The third-order valence-corrected chi connectivity index (χ3v) is 11.9. The normalized spacial score (nSPS) is 15.9. The molecule has 4 heteroatoms. The van der Waals surface area contributed by atoms with Gasteiger partial charge in [0.05, 0.1) is 12.5 Å². The summed E-state index contributed by atoms with van der Waals surface area (Å²) in [4.78, 5) is 13.3. The summed E-state index contributed by atoms with van der Waals surface area (Å²) in [5, 5.41) is 0. The topological polar surface area (TPSA) is 26.3 Å². The van der Waals surface area contributed by atoms with Crippen molar-refractivity contribution in [3.8, 4) is 0 Å². The first-order valence-electron chi connectivity index (χ1n) is 15.8. The Morgan fingerprint density at radius 3 is 1.73 bits per heavy atom. The Hall–Kier alpha value is -0.730. The molecular formula is C37H64Cl2O2. The number of esters is 1. The van der Waals surface area contributed by atoms with E-state index in [4.69, 9.17) is 27.9 Å². The van der Waals surface area contributed by atoms with E-state index >= 15 is 0 Å². The Morgan fingerprint density at radius 2 is 1.29 bits per heavy atom. The lowest BCUT2D eigenvalue weighted by Gasteiger charge is -2.56. The molecule has 2 unspecified atom stereocenters. The van der Waals surface area contributed by atoms with Gasteiger partial charge in [0.1, 0.15) is 4.33 Å². The van der Waals surface area contributed by atoms with E-state index in [-0.39, 0.29) is 39.0 Å². The van der Waals surface area contributed by atoms with Gasteiger partial charge in [0, 0.05) is 5.41 Å². The standard InChI is InChI=1S/C37H64Cl2O2/c1-16-17-23-41-30(40)29(32(5,6)7)25-33(8,9)36(14,15)37(38,39)26-34(10,11)35(12,13)28(24-31(2,3)4)27-21-19-18-20-22-27/h18-22,28-29H,16-17,23-26H2,1-15H3. The van der Waals surface area contributed by atoms with E-state index in [1.165, 1.54) is 5.56 Å². The fraction of sp³-hybridized carbons (Fsp3) is 0.811. The van der Waals surface area contributed by atoms with Crippen molar-refractivity contribution in [3.05, 3.63) is 35.9 Å². The number of hydrogen-bond acceptors (Lipinski definition) is 2. The van der Waals surface area contributed by atoms with Gasteiger partial charge in [0.2, 0.25) is 0 Å². The SMILES string of the molecule is CCCCOC(=O)C(CC(C)(C)C(C)(C)C(Cl)(Cl)CC(C)(C)C(C)(C)C(CC(C)(C)C)c1ccccc1)C(C)(C)C. The highest BCUT2D eigenvalue weighted by molar-refractivity contribution is 6.49. The second kappa shape index (κ2) is 13.5. The van der Waals surface area contributed by atoms with Crippen molar-refractivity contribution in [1.29, 1.82) is 0 Å². The average molecular weight is 612 g/mol. The smallest absolute Gasteiger partial charge is 0.309 e. The van der Waals surface area contributed by atoms with Crippen molar-refractivity contribution in [2.45, 2.75) is 146 Å². The maximum atomic E-state index is 13.3. The van der Waals surface area contributed by atoms with Gasteiger partial charge >= 0.3 is 5.97 Å². The van der Waals surface area contributed by atoms with Gasteiger partial charge in [-0.25, -0.2) is 0 Å². The lowest BCUT2D eigenvalue weighted by Crippen LogP contribution is -2.52. The molecule has 0 aliphatic heterocycles. The van der Waals surface area contributed by atoms with Gasteiger partial charge in [-0.15, -0.1) is 23.2 Å². The molecular weight excluding hydrogens is 547 g/mol. The van der Waals surface area contributed by atoms with Crippen molar-refractivity contribution in [2.24, 2.45) is 38.4 Å². The van der Waals surface area contributed by atoms with Crippen LogP contribution in [0.5, 0.6) is 0 Å². The molecule has 0 spiro atoms. The van der Waals surface area contributed by atoms with Crippen LogP contribution in [0.25, 0.3) is 0 Å². The molecule has 41 heavy (non-hydrogen) atoms. The maximum Gasteiger partial charge on any atom is 0.309 e. The molecule has 238 valence electrons. The average Bonchev–Trinajstić information content (AvgIpc) is 2.79. The highest BCUT2D eigenvalue weighted by Crippen LogP contribution is 2.63. The molecule has 0 aliphatic carbocycles. The number of hydrogen-bond donors (Lipinski definition) is 0. The molecule has 0 saturated carbocycles. The zero-order valence-electron chi connectivity index (χ0n) is 29.4. The number of carbonyl (C=O) groups excluding carboxylic acids is 1. The lowest BCUT2D eigenvalue weighted by molar-refractivity contribution is -0.155. The van der Waals surface area contributed by atoms with Crippen LogP contribution in [0.2, 0.25) is 0 Å². The molecule has 0 aliphatic rings. The Bertz CT molecular complexity index is 959. The van der Waals surface area contributed by atoms with E-state index in [0.29, 0.717) is 25.4 Å².